The summed E-state index contributed by atoms with van der Waals surface area (Å²) in [5, 5.41) is 0. The van der Waals surface area contributed by atoms with Crippen molar-refractivity contribution in [3.8, 4) is 112 Å². The smallest absolute Gasteiger partial charge is 0.227 e. The van der Waals surface area contributed by atoms with E-state index in [1.807, 2.05) is 48.5 Å². The van der Waals surface area contributed by atoms with Crippen LogP contribution in [0, 0.1) is 0 Å². The summed E-state index contributed by atoms with van der Waals surface area (Å²) in [5.74, 6) is 1.19. The number of fused-ring (bicyclic) bond motifs is 9. The SMILES string of the molecule is C=CC1(C(=C)C)c2ccccc2-c2ccc(-c3cc4nc(-c5ccc(-c6ccc(-c7nc8ccccc8o7)cc6)cc5)c(-c5ccc(-c6ccc(-c7nc8ccccc8o7)cc6)cc5)nc4cc3-c3ccc4c(c3)C(C=C)(C(=C)C)c3ccccc3-4)cc21. The highest BCUT2D eigenvalue weighted by atomic mass is 16.4. The molecule has 0 N–H and O–H groups in total. The van der Waals surface area contributed by atoms with Gasteiger partial charge in [-0.3, -0.25) is 0 Å². The third-order valence-electron chi connectivity index (χ3n) is 18.4. The summed E-state index contributed by atoms with van der Waals surface area (Å²) in [6.07, 6.45) is 4.14. The van der Waals surface area contributed by atoms with E-state index in [1.165, 1.54) is 33.4 Å². The Morgan fingerprint density at radius 2 is 0.625 bits per heavy atom. The van der Waals surface area contributed by atoms with Crippen LogP contribution < -0.4 is 0 Å². The van der Waals surface area contributed by atoms with Crippen LogP contribution in [-0.2, 0) is 10.8 Å². The van der Waals surface area contributed by atoms with E-state index in [9.17, 15) is 0 Å². The van der Waals surface area contributed by atoms with Gasteiger partial charge in [-0.15, -0.1) is 13.2 Å². The van der Waals surface area contributed by atoms with Gasteiger partial charge in [0.2, 0.25) is 11.8 Å². The molecule has 6 nitrogen and oxygen atoms in total. The van der Waals surface area contributed by atoms with Gasteiger partial charge in [-0.05, 0) is 176 Å². The Kier molecular flexibility index (Phi) is 12.0. The molecular weight excluding hydrogens is 1070 g/mol. The molecule has 2 aliphatic rings. The van der Waals surface area contributed by atoms with Crippen molar-refractivity contribution in [2.45, 2.75) is 24.7 Å². The first-order chi connectivity index (χ1) is 43.1. The summed E-state index contributed by atoms with van der Waals surface area (Å²) >= 11 is 0. The molecule has 0 fully saturated rings. The van der Waals surface area contributed by atoms with Gasteiger partial charge in [0.25, 0.3) is 0 Å². The number of rotatable bonds is 12. The second kappa shape index (κ2) is 20.2. The molecule has 14 aromatic rings. The van der Waals surface area contributed by atoms with Gasteiger partial charge in [0.15, 0.2) is 11.2 Å². The van der Waals surface area contributed by atoms with Crippen LogP contribution in [0.15, 0.2) is 301 Å². The van der Waals surface area contributed by atoms with Crippen molar-refractivity contribution in [1.82, 2.24) is 19.9 Å². The summed E-state index contributed by atoms with van der Waals surface area (Å²) in [6, 6.07) is 85.3. The summed E-state index contributed by atoms with van der Waals surface area (Å²) in [7, 11) is 0. The predicted molar refractivity (Wildman–Crippen MR) is 361 cm³/mol. The molecule has 0 bridgehead atoms. The first kappa shape index (κ1) is 52.2. The zero-order chi connectivity index (χ0) is 59.4. The molecule has 11 aromatic carbocycles. The molecule has 2 atom stereocenters. The number of hydrogen-bond donors (Lipinski definition) is 0. The van der Waals surface area contributed by atoms with E-state index in [4.69, 9.17) is 28.8 Å². The Balaban J connectivity index is 0.861. The van der Waals surface area contributed by atoms with Crippen LogP contribution in [0.2, 0.25) is 0 Å². The minimum Gasteiger partial charge on any atom is -0.436 e. The lowest BCUT2D eigenvalue weighted by Gasteiger charge is -2.30. The Labute approximate surface area is 510 Å². The number of allylic oxidation sites excluding steroid dienone is 4. The van der Waals surface area contributed by atoms with Gasteiger partial charge in [-0.2, -0.15) is 0 Å². The van der Waals surface area contributed by atoms with Gasteiger partial charge in [-0.1, -0.05) is 206 Å². The monoisotopic (exact) mass is 1130 g/mol. The number of hydrogen-bond acceptors (Lipinski definition) is 6. The standard InChI is InChI=1S/C82H56N4O2/c1-7-81(49(3)4)67-19-11-9-17-61(67)63-43-41-59(45-69(63)81)65-47-73-74(48-66(65)60-42-44-64-62-18-10-12-20-68(62)82(8-2,50(5)6)70(64)46-60)84-78(56-35-27-52(28-36-56)54-31-39-58(40-32-54)80-86-72-22-14-16-24-76(72)88-80)77(83-73)55-33-25-51(26-34-55)53-29-37-57(38-30-53)79-85-71-21-13-15-23-75(71)87-79/h7-48H,1-3,5H2,4,6H3. The maximum Gasteiger partial charge on any atom is 0.227 e. The van der Waals surface area contributed by atoms with Gasteiger partial charge < -0.3 is 8.83 Å². The molecule has 88 heavy (non-hydrogen) atoms. The molecule has 16 rings (SSSR count). The Morgan fingerprint density at radius 3 is 0.989 bits per heavy atom. The van der Waals surface area contributed by atoms with Crippen LogP contribution in [0.1, 0.15) is 36.1 Å². The molecule has 0 saturated carbocycles. The Morgan fingerprint density at radius 1 is 0.307 bits per heavy atom. The van der Waals surface area contributed by atoms with Gasteiger partial charge in [-0.25, -0.2) is 19.9 Å². The quantitative estimate of drug-likeness (QED) is 0.113. The fourth-order valence-electron chi connectivity index (χ4n) is 13.9. The molecule has 3 heterocycles. The second-order valence-corrected chi connectivity index (χ2v) is 23.3. The molecule has 2 aliphatic carbocycles. The molecule has 0 saturated heterocycles. The van der Waals surface area contributed by atoms with Crippen LogP contribution in [0.4, 0.5) is 0 Å². The number of benzene rings is 11. The van der Waals surface area contributed by atoms with Crippen LogP contribution in [0.5, 0.6) is 0 Å². The molecule has 0 amide bonds. The molecule has 0 spiro atoms. The summed E-state index contributed by atoms with van der Waals surface area (Å²) in [6.45, 7) is 22.4. The van der Waals surface area contributed by atoms with Crippen molar-refractivity contribution in [3.63, 3.8) is 0 Å². The van der Waals surface area contributed by atoms with Gasteiger partial charge >= 0.3 is 0 Å². The van der Waals surface area contributed by atoms with Crippen molar-refractivity contribution in [2.75, 3.05) is 0 Å². The Bertz CT molecular complexity index is 4840. The van der Waals surface area contributed by atoms with E-state index < -0.39 is 10.8 Å². The zero-order valence-electron chi connectivity index (χ0n) is 48.7. The summed E-state index contributed by atoms with van der Waals surface area (Å²) in [4.78, 5) is 20.9. The van der Waals surface area contributed by atoms with E-state index in [2.05, 4.69) is 246 Å². The van der Waals surface area contributed by atoms with E-state index in [1.54, 1.807) is 0 Å². The van der Waals surface area contributed by atoms with Gasteiger partial charge in [0, 0.05) is 22.3 Å². The minimum absolute atomic E-state index is 0.586. The fourth-order valence-corrected chi connectivity index (χ4v) is 13.9. The van der Waals surface area contributed by atoms with E-state index >= 15 is 0 Å². The number of aromatic nitrogens is 4. The molecule has 3 aromatic heterocycles. The number of nitrogens with zero attached hydrogens (tertiary/aromatic N) is 4. The van der Waals surface area contributed by atoms with Gasteiger partial charge in [0.1, 0.15) is 11.0 Å². The largest absolute Gasteiger partial charge is 0.436 e. The Hall–Kier alpha value is -11.3. The van der Waals surface area contributed by atoms with Crippen molar-refractivity contribution >= 4 is 33.2 Å². The predicted octanol–water partition coefficient (Wildman–Crippen LogP) is 21.3. The average molecular weight is 1130 g/mol. The molecular formula is C82H56N4O2. The third-order valence-corrected chi connectivity index (χ3v) is 18.4. The first-order valence-corrected chi connectivity index (χ1v) is 29.7. The third kappa shape index (κ3) is 8.03. The van der Waals surface area contributed by atoms with E-state index in [0.29, 0.717) is 11.8 Å². The first-order valence-electron chi connectivity index (χ1n) is 29.7. The van der Waals surface area contributed by atoms with Crippen molar-refractivity contribution < 1.29 is 8.83 Å². The molecule has 6 heteroatoms. The summed E-state index contributed by atoms with van der Waals surface area (Å²) in [5.41, 5.74) is 28.7. The second-order valence-electron chi connectivity index (χ2n) is 23.3. The van der Waals surface area contributed by atoms with Crippen LogP contribution in [0.25, 0.3) is 145 Å². The van der Waals surface area contributed by atoms with Crippen molar-refractivity contribution in [3.05, 3.63) is 315 Å². The fraction of sp³-hybridized carbons (Fsp3) is 0.0488. The van der Waals surface area contributed by atoms with Crippen LogP contribution >= 0.6 is 0 Å². The van der Waals surface area contributed by atoms with E-state index in [-0.39, 0.29) is 0 Å². The average Bonchev–Trinajstić information content (AvgIpc) is 1.85. The molecule has 2 unspecified atom stereocenters. The van der Waals surface area contributed by atoms with Crippen LogP contribution in [-0.4, -0.2) is 19.9 Å². The molecule has 0 aliphatic heterocycles. The van der Waals surface area contributed by atoms with Crippen LogP contribution in [0.3, 0.4) is 0 Å². The lowest BCUT2D eigenvalue weighted by molar-refractivity contribution is 0.619. The topological polar surface area (TPSA) is 77.8 Å². The number of oxazole rings is 2. The van der Waals surface area contributed by atoms with E-state index in [0.717, 1.165) is 134 Å². The van der Waals surface area contributed by atoms with Crippen molar-refractivity contribution in [1.29, 1.82) is 0 Å². The highest BCUT2D eigenvalue weighted by Crippen LogP contribution is 2.56. The maximum absolute atomic E-state index is 6.12. The highest BCUT2D eigenvalue weighted by molar-refractivity contribution is 5.99. The zero-order valence-corrected chi connectivity index (χ0v) is 48.7. The lowest BCUT2D eigenvalue weighted by Crippen LogP contribution is -2.23. The lowest BCUT2D eigenvalue weighted by atomic mass is 9.72. The maximum atomic E-state index is 6.12. The summed E-state index contributed by atoms with van der Waals surface area (Å²) < 4.78 is 12.2. The normalized spacial score (nSPS) is 15.4. The van der Waals surface area contributed by atoms with Crippen molar-refractivity contribution in [2.24, 2.45) is 0 Å². The highest BCUT2D eigenvalue weighted by Gasteiger charge is 2.43. The molecule has 416 valence electrons. The molecule has 0 radical (unpaired) electrons. The van der Waals surface area contributed by atoms with Gasteiger partial charge in [0.05, 0.1) is 33.3 Å². The number of para-hydroxylation sites is 4. The minimum atomic E-state index is -0.586.